The van der Waals surface area contributed by atoms with Crippen LogP contribution in [0, 0.1) is 0 Å². The Kier molecular flexibility index (Phi) is 5.83. The summed E-state index contributed by atoms with van der Waals surface area (Å²) in [6.07, 6.45) is 0.475. The van der Waals surface area contributed by atoms with Gasteiger partial charge in [-0.25, -0.2) is 0 Å². The molecule has 2 atom stereocenters. The van der Waals surface area contributed by atoms with Crippen LogP contribution in [0.4, 0.5) is 0 Å². The average molecular weight is 216 g/mol. The summed E-state index contributed by atoms with van der Waals surface area (Å²) in [7, 11) is 0. The normalized spacial score (nSPS) is 15.9. The van der Waals surface area contributed by atoms with Crippen molar-refractivity contribution >= 4 is 5.91 Å². The minimum absolute atomic E-state index is 0.0754. The summed E-state index contributed by atoms with van der Waals surface area (Å²) in [6.45, 7) is 9.85. The first kappa shape index (κ1) is 14.4. The molecule has 2 unspecified atom stereocenters. The topological polar surface area (TPSA) is 64.3 Å². The summed E-state index contributed by atoms with van der Waals surface area (Å²) in [5.74, 6) is -0.0754. The van der Waals surface area contributed by atoms with Crippen molar-refractivity contribution in [3.63, 3.8) is 0 Å². The van der Waals surface area contributed by atoms with E-state index in [0.717, 1.165) is 6.42 Å². The molecule has 0 spiro atoms. The maximum atomic E-state index is 11.6. The molecule has 1 amide bonds. The van der Waals surface area contributed by atoms with Crippen molar-refractivity contribution in [3.05, 3.63) is 0 Å². The lowest BCUT2D eigenvalue weighted by Crippen LogP contribution is -2.44. The molecule has 0 saturated heterocycles. The molecule has 0 heterocycles. The van der Waals surface area contributed by atoms with E-state index >= 15 is 0 Å². The van der Waals surface area contributed by atoms with Gasteiger partial charge < -0.3 is 15.8 Å². The molecule has 0 aromatic carbocycles. The molecule has 0 aliphatic rings. The zero-order valence-electron chi connectivity index (χ0n) is 10.5. The molecule has 90 valence electrons. The number of hydrogen-bond acceptors (Lipinski definition) is 3. The molecule has 15 heavy (non-hydrogen) atoms. The third-order valence-corrected chi connectivity index (χ3v) is 2.08. The number of ether oxygens (including phenoxy) is 1. The minimum atomic E-state index is -0.443. The largest absolute Gasteiger partial charge is 0.367 e. The molecule has 0 aromatic heterocycles. The van der Waals surface area contributed by atoms with Crippen LogP contribution in [0.15, 0.2) is 0 Å². The monoisotopic (exact) mass is 216 g/mol. The average Bonchev–Trinajstić information content (AvgIpc) is 2.12. The first-order valence-corrected chi connectivity index (χ1v) is 5.47. The van der Waals surface area contributed by atoms with Crippen molar-refractivity contribution in [2.45, 2.75) is 58.7 Å². The highest BCUT2D eigenvalue weighted by atomic mass is 16.5. The second-order valence-electron chi connectivity index (χ2n) is 4.76. The van der Waals surface area contributed by atoms with E-state index in [4.69, 9.17) is 10.5 Å². The molecule has 0 aliphatic carbocycles. The predicted octanol–water partition coefficient (Wildman–Crippen LogP) is 1.04. The molecule has 0 radical (unpaired) electrons. The third-order valence-electron chi connectivity index (χ3n) is 2.08. The summed E-state index contributed by atoms with van der Waals surface area (Å²) in [5, 5.41) is 2.86. The van der Waals surface area contributed by atoms with Gasteiger partial charge in [0, 0.05) is 11.6 Å². The number of carbonyl (C=O) groups is 1. The standard InChI is InChI=1S/C11H24N2O2/c1-6-8(2)13-10(14)9(3)15-7-11(4,5)12/h8-9H,6-7,12H2,1-5H3,(H,13,14). The molecular weight excluding hydrogens is 192 g/mol. The highest BCUT2D eigenvalue weighted by Crippen LogP contribution is 2.01. The maximum Gasteiger partial charge on any atom is 0.249 e. The van der Waals surface area contributed by atoms with Crippen LogP contribution in [0.3, 0.4) is 0 Å². The smallest absolute Gasteiger partial charge is 0.249 e. The van der Waals surface area contributed by atoms with Gasteiger partial charge in [-0.1, -0.05) is 6.92 Å². The summed E-state index contributed by atoms with van der Waals surface area (Å²) < 4.78 is 5.38. The Balaban J connectivity index is 3.89. The van der Waals surface area contributed by atoms with E-state index in [9.17, 15) is 4.79 Å². The first-order chi connectivity index (χ1) is 6.76. The van der Waals surface area contributed by atoms with Crippen molar-refractivity contribution in [2.24, 2.45) is 5.73 Å². The van der Waals surface area contributed by atoms with Crippen LogP contribution in [0.5, 0.6) is 0 Å². The van der Waals surface area contributed by atoms with E-state index < -0.39 is 11.6 Å². The highest BCUT2D eigenvalue weighted by molar-refractivity contribution is 5.80. The number of nitrogens with one attached hydrogen (secondary N) is 1. The summed E-state index contributed by atoms with van der Waals surface area (Å²) in [5.41, 5.74) is 5.36. The van der Waals surface area contributed by atoms with Crippen molar-refractivity contribution in [1.29, 1.82) is 0 Å². The summed E-state index contributed by atoms with van der Waals surface area (Å²) >= 11 is 0. The Morgan fingerprint density at radius 3 is 2.40 bits per heavy atom. The van der Waals surface area contributed by atoms with Gasteiger partial charge in [0.25, 0.3) is 0 Å². The second kappa shape index (κ2) is 6.08. The van der Waals surface area contributed by atoms with Gasteiger partial charge in [0.2, 0.25) is 5.91 Å². The van der Waals surface area contributed by atoms with Crippen molar-refractivity contribution < 1.29 is 9.53 Å². The van der Waals surface area contributed by atoms with Crippen LogP contribution in [-0.2, 0) is 9.53 Å². The summed E-state index contributed by atoms with van der Waals surface area (Å²) in [4.78, 5) is 11.6. The number of rotatable bonds is 6. The molecule has 0 fully saturated rings. The molecule has 0 bridgehead atoms. The van der Waals surface area contributed by atoms with Gasteiger partial charge in [0.05, 0.1) is 6.61 Å². The molecule has 0 saturated carbocycles. The van der Waals surface area contributed by atoms with Crippen LogP contribution in [-0.4, -0.2) is 30.2 Å². The van der Waals surface area contributed by atoms with E-state index in [1.807, 2.05) is 27.7 Å². The third kappa shape index (κ3) is 7.33. The van der Waals surface area contributed by atoms with E-state index in [-0.39, 0.29) is 11.9 Å². The van der Waals surface area contributed by atoms with Crippen molar-refractivity contribution in [2.75, 3.05) is 6.61 Å². The molecule has 0 rings (SSSR count). The van der Waals surface area contributed by atoms with Crippen LogP contribution < -0.4 is 11.1 Å². The molecule has 4 nitrogen and oxygen atoms in total. The lowest BCUT2D eigenvalue weighted by Gasteiger charge is -2.22. The maximum absolute atomic E-state index is 11.6. The van der Waals surface area contributed by atoms with Crippen LogP contribution in [0.25, 0.3) is 0 Å². The minimum Gasteiger partial charge on any atom is -0.367 e. The Labute approximate surface area is 92.6 Å². The SMILES string of the molecule is CCC(C)NC(=O)C(C)OCC(C)(C)N. The fourth-order valence-corrected chi connectivity index (χ4v) is 0.878. The van der Waals surface area contributed by atoms with Crippen molar-refractivity contribution in [3.8, 4) is 0 Å². The van der Waals surface area contributed by atoms with Crippen LogP contribution in [0.2, 0.25) is 0 Å². The number of amides is 1. The Morgan fingerprint density at radius 2 is 2.00 bits per heavy atom. The zero-order chi connectivity index (χ0) is 12.1. The van der Waals surface area contributed by atoms with Gasteiger partial charge in [-0.3, -0.25) is 4.79 Å². The fourth-order valence-electron chi connectivity index (χ4n) is 0.878. The van der Waals surface area contributed by atoms with Gasteiger partial charge in [0.1, 0.15) is 6.10 Å². The van der Waals surface area contributed by atoms with Gasteiger partial charge in [0.15, 0.2) is 0 Å². The fraction of sp³-hybridized carbons (Fsp3) is 0.909. The second-order valence-corrected chi connectivity index (χ2v) is 4.76. The van der Waals surface area contributed by atoms with E-state index in [1.54, 1.807) is 6.92 Å². The molecular formula is C11H24N2O2. The first-order valence-electron chi connectivity index (χ1n) is 5.47. The van der Waals surface area contributed by atoms with E-state index in [0.29, 0.717) is 6.61 Å². The van der Waals surface area contributed by atoms with Gasteiger partial charge in [-0.15, -0.1) is 0 Å². The van der Waals surface area contributed by atoms with Gasteiger partial charge in [-0.2, -0.15) is 0 Å². The highest BCUT2D eigenvalue weighted by Gasteiger charge is 2.18. The number of hydrogen-bond donors (Lipinski definition) is 2. The van der Waals surface area contributed by atoms with Crippen LogP contribution >= 0.6 is 0 Å². The Morgan fingerprint density at radius 1 is 1.47 bits per heavy atom. The quantitative estimate of drug-likeness (QED) is 0.697. The molecule has 0 aromatic rings. The van der Waals surface area contributed by atoms with Gasteiger partial charge >= 0.3 is 0 Å². The summed E-state index contributed by atoms with van der Waals surface area (Å²) in [6, 6.07) is 0.189. The predicted molar refractivity (Wildman–Crippen MR) is 61.6 cm³/mol. The van der Waals surface area contributed by atoms with Gasteiger partial charge in [-0.05, 0) is 34.1 Å². The van der Waals surface area contributed by atoms with E-state index in [1.165, 1.54) is 0 Å². The number of carbonyl (C=O) groups excluding carboxylic acids is 1. The van der Waals surface area contributed by atoms with Crippen molar-refractivity contribution in [1.82, 2.24) is 5.32 Å². The Hall–Kier alpha value is -0.610. The lowest BCUT2D eigenvalue weighted by molar-refractivity contribution is -0.133. The number of nitrogens with two attached hydrogens (primary N) is 1. The molecule has 0 aliphatic heterocycles. The van der Waals surface area contributed by atoms with Crippen LogP contribution in [0.1, 0.15) is 41.0 Å². The molecule has 4 heteroatoms. The zero-order valence-corrected chi connectivity index (χ0v) is 10.5. The molecule has 3 N–H and O–H groups in total. The lowest BCUT2D eigenvalue weighted by atomic mass is 10.1. The Bertz CT molecular complexity index is 199. The van der Waals surface area contributed by atoms with E-state index in [2.05, 4.69) is 5.32 Å².